The zero-order valence-corrected chi connectivity index (χ0v) is 8.25. The van der Waals surface area contributed by atoms with Gasteiger partial charge in [0.25, 0.3) is 5.56 Å². The number of hydrogen-bond donors (Lipinski definition) is 1. The Bertz CT molecular complexity index is 438. The largest absolute Gasteiger partial charge is 0.328 e. The van der Waals surface area contributed by atoms with Gasteiger partial charge in [0.15, 0.2) is 0 Å². The van der Waals surface area contributed by atoms with Crippen molar-refractivity contribution in [2.75, 3.05) is 0 Å². The van der Waals surface area contributed by atoms with Gasteiger partial charge in [0.05, 0.1) is 0 Å². The minimum atomic E-state index is -0.304. The first-order chi connectivity index (χ1) is 6.68. The summed E-state index contributed by atoms with van der Waals surface area (Å²) >= 11 is 0. The van der Waals surface area contributed by atoms with Crippen molar-refractivity contribution < 1.29 is 0 Å². The van der Waals surface area contributed by atoms with E-state index in [0.717, 1.165) is 18.5 Å². The second kappa shape index (κ2) is 3.44. The zero-order valence-electron chi connectivity index (χ0n) is 8.25. The van der Waals surface area contributed by atoms with Crippen LogP contribution in [0, 0.1) is 6.92 Å². The maximum absolute atomic E-state index is 11.6. The third kappa shape index (κ3) is 1.52. The lowest BCUT2D eigenvalue weighted by Gasteiger charge is -2.15. The Kier molecular flexibility index (Phi) is 2.27. The first kappa shape index (κ1) is 9.24. The van der Waals surface area contributed by atoms with Crippen molar-refractivity contribution in [3.63, 3.8) is 0 Å². The Morgan fingerprint density at radius 1 is 1.36 bits per heavy atom. The highest BCUT2D eigenvalue weighted by Gasteiger charge is 2.19. The molecule has 0 radical (unpaired) electrons. The Balaban J connectivity index is 2.51. The van der Waals surface area contributed by atoms with E-state index >= 15 is 0 Å². The Labute approximate surface area is 81.6 Å². The lowest BCUT2D eigenvalue weighted by Crippen LogP contribution is -2.33. The van der Waals surface area contributed by atoms with Crippen LogP contribution in [0.2, 0.25) is 0 Å². The second-order valence-electron chi connectivity index (χ2n) is 3.89. The lowest BCUT2D eigenvalue weighted by molar-refractivity contribution is 0.479. The van der Waals surface area contributed by atoms with Gasteiger partial charge < -0.3 is 0 Å². The van der Waals surface area contributed by atoms with Gasteiger partial charge in [0.1, 0.15) is 0 Å². The van der Waals surface area contributed by atoms with Crippen LogP contribution in [0.5, 0.6) is 0 Å². The summed E-state index contributed by atoms with van der Waals surface area (Å²) < 4.78 is 1.72. The molecule has 0 amide bonds. The summed E-state index contributed by atoms with van der Waals surface area (Å²) in [6.45, 7) is 1.81. The minimum absolute atomic E-state index is 0.262. The topological polar surface area (TPSA) is 54.9 Å². The molecule has 1 aliphatic rings. The van der Waals surface area contributed by atoms with E-state index < -0.39 is 0 Å². The first-order valence-corrected chi connectivity index (χ1v) is 5.01. The number of aryl methyl sites for hydroxylation is 1. The molecule has 1 fully saturated rings. The maximum atomic E-state index is 11.6. The van der Waals surface area contributed by atoms with Crippen LogP contribution in [-0.4, -0.2) is 9.55 Å². The smallest absolute Gasteiger partial charge is 0.295 e. The van der Waals surface area contributed by atoms with Crippen molar-refractivity contribution >= 4 is 0 Å². The Hall–Kier alpha value is -1.32. The average Bonchev–Trinajstić information content (AvgIpc) is 2.54. The Morgan fingerprint density at radius 3 is 2.57 bits per heavy atom. The van der Waals surface area contributed by atoms with Gasteiger partial charge in [-0.2, -0.15) is 0 Å². The highest BCUT2D eigenvalue weighted by Crippen LogP contribution is 2.28. The molecule has 0 spiro atoms. The fraction of sp³-hybridized carbons (Fsp3) is 0.600. The van der Waals surface area contributed by atoms with Gasteiger partial charge in [-0.1, -0.05) is 12.8 Å². The number of aromatic amines is 1. The second-order valence-corrected chi connectivity index (χ2v) is 3.89. The predicted octanol–water partition coefficient (Wildman–Crippen LogP) is 0.960. The fourth-order valence-electron chi connectivity index (χ4n) is 2.24. The maximum Gasteiger partial charge on any atom is 0.328 e. The molecule has 76 valence electrons. The van der Waals surface area contributed by atoms with Crippen molar-refractivity contribution in [1.29, 1.82) is 0 Å². The molecule has 1 aromatic rings. The van der Waals surface area contributed by atoms with Crippen molar-refractivity contribution in [3.8, 4) is 0 Å². The molecule has 1 aromatic heterocycles. The molecule has 4 nitrogen and oxygen atoms in total. The number of nitrogens with zero attached hydrogens (tertiary/aromatic N) is 1. The van der Waals surface area contributed by atoms with Gasteiger partial charge in [0.2, 0.25) is 0 Å². The van der Waals surface area contributed by atoms with Crippen molar-refractivity contribution in [2.45, 2.75) is 38.6 Å². The first-order valence-electron chi connectivity index (χ1n) is 5.01. The van der Waals surface area contributed by atoms with E-state index in [9.17, 15) is 9.59 Å². The standard InChI is InChI=1S/C10H14N2O2/c1-7-6-9(13)11-10(14)12(7)8-4-2-3-5-8/h6,8H,2-5H2,1H3,(H,11,13,14). The molecule has 4 heteroatoms. The molecule has 0 saturated heterocycles. The van der Waals surface area contributed by atoms with Crippen molar-refractivity contribution in [3.05, 3.63) is 32.6 Å². The van der Waals surface area contributed by atoms with Crippen LogP contribution >= 0.6 is 0 Å². The van der Waals surface area contributed by atoms with Crippen LogP contribution < -0.4 is 11.2 Å². The van der Waals surface area contributed by atoms with Gasteiger partial charge in [-0.3, -0.25) is 14.3 Å². The van der Waals surface area contributed by atoms with Gasteiger partial charge in [-0.05, 0) is 19.8 Å². The number of aromatic nitrogens is 2. The predicted molar refractivity (Wildman–Crippen MR) is 53.6 cm³/mol. The van der Waals surface area contributed by atoms with Gasteiger partial charge >= 0.3 is 5.69 Å². The minimum Gasteiger partial charge on any atom is -0.295 e. The quantitative estimate of drug-likeness (QED) is 0.724. The third-order valence-electron chi connectivity index (χ3n) is 2.86. The van der Waals surface area contributed by atoms with Crippen LogP contribution in [-0.2, 0) is 0 Å². The van der Waals surface area contributed by atoms with E-state index in [2.05, 4.69) is 4.98 Å². The van der Waals surface area contributed by atoms with E-state index in [4.69, 9.17) is 0 Å². The summed E-state index contributed by atoms with van der Waals surface area (Å²) in [5, 5.41) is 0. The summed E-state index contributed by atoms with van der Waals surface area (Å²) in [4.78, 5) is 24.9. The van der Waals surface area contributed by atoms with Gasteiger partial charge in [0, 0.05) is 17.8 Å². The SMILES string of the molecule is Cc1cc(=O)[nH]c(=O)n1C1CCCC1. The fourth-order valence-corrected chi connectivity index (χ4v) is 2.24. The molecular formula is C10H14N2O2. The summed E-state index contributed by atoms with van der Waals surface area (Å²) in [6, 6.07) is 1.78. The third-order valence-corrected chi connectivity index (χ3v) is 2.86. The molecule has 0 aromatic carbocycles. The molecule has 0 aliphatic heterocycles. The summed E-state index contributed by atoms with van der Waals surface area (Å²) in [5.74, 6) is 0. The summed E-state index contributed by atoms with van der Waals surface area (Å²) in [7, 11) is 0. The molecule has 1 aliphatic carbocycles. The molecule has 1 saturated carbocycles. The molecular weight excluding hydrogens is 180 g/mol. The molecule has 0 atom stereocenters. The van der Waals surface area contributed by atoms with E-state index in [0.29, 0.717) is 6.04 Å². The zero-order chi connectivity index (χ0) is 10.1. The van der Waals surface area contributed by atoms with E-state index in [1.165, 1.54) is 18.9 Å². The van der Waals surface area contributed by atoms with E-state index in [1.807, 2.05) is 6.92 Å². The van der Waals surface area contributed by atoms with Crippen LogP contribution in [0.25, 0.3) is 0 Å². The summed E-state index contributed by atoms with van der Waals surface area (Å²) in [5.41, 5.74) is 0.203. The molecule has 0 unspecified atom stereocenters. The number of nitrogens with one attached hydrogen (secondary N) is 1. The number of hydrogen-bond acceptors (Lipinski definition) is 2. The number of H-pyrrole nitrogens is 1. The Morgan fingerprint density at radius 2 is 2.00 bits per heavy atom. The molecule has 2 rings (SSSR count). The molecule has 14 heavy (non-hydrogen) atoms. The monoisotopic (exact) mass is 194 g/mol. The molecule has 1 N–H and O–H groups in total. The van der Waals surface area contributed by atoms with Crippen molar-refractivity contribution in [1.82, 2.24) is 9.55 Å². The van der Waals surface area contributed by atoms with Crippen LogP contribution in [0.3, 0.4) is 0 Å². The van der Waals surface area contributed by atoms with Crippen LogP contribution in [0.15, 0.2) is 15.7 Å². The lowest BCUT2D eigenvalue weighted by atomic mass is 10.2. The number of rotatable bonds is 1. The normalized spacial score (nSPS) is 17.5. The summed E-state index contributed by atoms with van der Waals surface area (Å²) in [6.07, 6.45) is 4.45. The average molecular weight is 194 g/mol. The highest BCUT2D eigenvalue weighted by molar-refractivity contribution is 5.00. The molecule has 0 bridgehead atoms. The van der Waals surface area contributed by atoms with Gasteiger partial charge in [-0.15, -0.1) is 0 Å². The van der Waals surface area contributed by atoms with E-state index in [1.54, 1.807) is 4.57 Å². The van der Waals surface area contributed by atoms with E-state index in [-0.39, 0.29) is 11.2 Å². The van der Waals surface area contributed by atoms with Crippen molar-refractivity contribution in [2.24, 2.45) is 0 Å². The van der Waals surface area contributed by atoms with Crippen LogP contribution in [0.4, 0.5) is 0 Å². The van der Waals surface area contributed by atoms with Crippen LogP contribution in [0.1, 0.15) is 37.4 Å². The van der Waals surface area contributed by atoms with Gasteiger partial charge in [-0.25, -0.2) is 4.79 Å². The molecule has 1 heterocycles. The highest BCUT2D eigenvalue weighted by atomic mass is 16.2.